The Morgan fingerprint density at radius 3 is 2.61 bits per heavy atom. The molecule has 2 aromatic carbocycles. The quantitative estimate of drug-likeness (QED) is 0.311. The van der Waals surface area contributed by atoms with Gasteiger partial charge in [0, 0.05) is 30.1 Å². The Kier molecular flexibility index (Phi) is 6.35. The van der Waals surface area contributed by atoms with E-state index in [4.69, 9.17) is 5.73 Å². The summed E-state index contributed by atoms with van der Waals surface area (Å²) >= 11 is 0. The summed E-state index contributed by atoms with van der Waals surface area (Å²) in [4.78, 5) is 39.4. The molecule has 0 aliphatic heterocycles. The molecule has 0 heterocycles. The molecule has 2 aromatic rings. The number of halogens is 1. The average molecular weight is 448 g/mol. The van der Waals surface area contributed by atoms with E-state index < -0.39 is 17.3 Å². The van der Waals surface area contributed by atoms with Gasteiger partial charge in [-0.25, -0.2) is 4.39 Å². The molecule has 0 bridgehead atoms. The maximum absolute atomic E-state index is 14.5. The molecule has 2 amide bonds. The lowest BCUT2D eigenvalue weighted by Gasteiger charge is -2.20. The number of nitrogens with two attached hydrogens (primary N) is 1. The predicted octanol–water partition coefficient (Wildman–Crippen LogP) is 2.59. The van der Waals surface area contributed by atoms with Crippen LogP contribution in [0.15, 0.2) is 53.7 Å². The Balaban J connectivity index is 1.55. The molecule has 0 atom stereocenters. The number of benzene rings is 2. The number of hydrogen-bond donors (Lipinski definition) is 3. The van der Waals surface area contributed by atoms with Crippen LogP contribution in [-0.4, -0.2) is 30.4 Å². The SMILES string of the molecule is N/C=C(\C=NC1CC1)c1cc(F)cc(C2(NC(=O)c3ccccc3CNC(=O)C=O)CC2)c1. The standard InChI is InChI=1S/C25H25FN4O3/c26-20-10-17(18(12-27)14-28-21-5-6-21)9-19(11-20)25(7-8-25)30-24(33)22-4-2-1-3-16(22)13-29-23(32)15-31/h1-4,9-12,14-15,21H,5-8,13,27H2,(H,29,32)(H,30,33)/b18-12+,28-14?. The third-order valence-corrected chi connectivity index (χ3v) is 5.86. The van der Waals surface area contributed by atoms with Gasteiger partial charge in [-0.3, -0.25) is 19.4 Å². The second-order valence-electron chi connectivity index (χ2n) is 8.39. The van der Waals surface area contributed by atoms with Gasteiger partial charge in [0.2, 0.25) is 6.29 Å². The van der Waals surface area contributed by atoms with Crippen LogP contribution in [-0.2, 0) is 21.7 Å². The first-order valence-corrected chi connectivity index (χ1v) is 10.8. The smallest absolute Gasteiger partial charge is 0.284 e. The minimum Gasteiger partial charge on any atom is -0.404 e. The van der Waals surface area contributed by atoms with Crippen LogP contribution >= 0.6 is 0 Å². The van der Waals surface area contributed by atoms with Crippen LogP contribution in [0, 0.1) is 5.82 Å². The van der Waals surface area contributed by atoms with E-state index in [0.29, 0.717) is 46.7 Å². The number of nitrogens with one attached hydrogen (secondary N) is 2. The number of allylic oxidation sites excluding steroid dienone is 1. The van der Waals surface area contributed by atoms with Crippen LogP contribution in [0.1, 0.15) is 52.7 Å². The van der Waals surface area contributed by atoms with Crippen LogP contribution in [0.3, 0.4) is 0 Å². The normalized spacial score (nSPS) is 16.9. The molecule has 7 nitrogen and oxygen atoms in total. The zero-order chi connectivity index (χ0) is 23.4. The minimum absolute atomic E-state index is 0.0449. The van der Waals surface area contributed by atoms with Crippen LogP contribution in [0.2, 0.25) is 0 Å². The summed E-state index contributed by atoms with van der Waals surface area (Å²) in [6.07, 6.45) is 6.72. The zero-order valence-corrected chi connectivity index (χ0v) is 18.0. The van der Waals surface area contributed by atoms with Gasteiger partial charge in [0.15, 0.2) is 0 Å². The molecule has 0 spiro atoms. The molecule has 0 unspecified atom stereocenters. The summed E-state index contributed by atoms with van der Waals surface area (Å²) in [7, 11) is 0. The number of carbonyl (C=O) groups excluding carboxylic acids is 3. The summed E-state index contributed by atoms with van der Waals surface area (Å²) < 4.78 is 14.5. The molecule has 0 saturated heterocycles. The molecule has 0 radical (unpaired) electrons. The highest BCUT2D eigenvalue weighted by molar-refractivity contribution is 6.23. The fourth-order valence-electron chi connectivity index (χ4n) is 3.67. The molecule has 33 heavy (non-hydrogen) atoms. The predicted molar refractivity (Wildman–Crippen MR) is 123 cm³/mol. The van der Waals surface area contributed by atoms with E-state index in [1.807, 2.05) is 6.07 Å². The summed E-state index contributed by atoms with van der Waals surface area (Å²) in [5, 5.41) is 5.49. The van der Waals surface area contributed by atoms with Crippen molar-refractivity contribution < 1.29 is 18.8 Å². The number of carbonyl (C=O) groups is 3. The summed E-state index contributed by atoms with van der Waals surface area (Å²) in [5.41, 5.74) is 7.94. The Hall–Kier alpha value is -3.81. The van der Waals surface area contributed by atoms with Crippen molar-refractivity contribution in [1.29, 1.82) is 0 Å². The zero-order valence-electron chi connectivity index (χ0n) is 18.0. The van der Waals surface area contributed by atoms with Crippen LogP contribution in [0.5, 0.6) is 0 Å². The first-order valence-electron chi connectivity index (χ1n) is 10.8. The second kappa shape index (κ2) is 9.36. The van der Waals surface area contributed by atoms with Crippen molar-refractivity contribution in [2.75, 3.05) is 0 Å². The first kappa shape index (κ1) is 22.4. The van der Waals surface area contributed by atoms with Gasteiger partial charge in [-0.2, -0.15) is 0 Å². The lowest BCUT2D eigenvalue weighted by molar-refractivity contribution is -0.131. The Morgan fingerprint density at radius 2 is 1.94 bits per heavy atom. The van der Waals surface area contributed by atoms with E-state index >= 15 is 0 Å². The van der Waals surface area contributed by atoms with Crippen molar-refractivity contribution in [1.82, 2.24) is 10.6 Å². The molecular weight excluding hydrogens is 423 g/mol. The summed E-state index contributed by atoms with van der Waals surface area (Å²) in [6.45, 7) is 0.0449. The van der Waals surface area contributed by atoms with Gasteiger partial charge in [-0.05, 0) is 66.6 Å². The Bertz CT molecular complexity index is 1150. The highest BCUT2D eigenvalue weighted by Crippen LogP contribution is 2.46. The number of rotatable bonds is 9. The molecule has 2 aliphatic rings. The number of aliphatic imine (C=N–C) groups is 1. The summed E-state index contributed by atoms with van der Waals surface area (Å²) in [5.74, 6) is -1.51. The van der Waals surface area contributed by atoms with Gasteiger partial charge in [0.05, 0.1) is 11.6 Å². The van der Waals surface area contributed by atoms with Crippen molar-refractivity contribution >= 4 is 29.9 Å². The molecule has 8 heteroatoms. The van der Waals surface area contributed by atoms with E-state index in [1.165, 1.54) is 18.3 Å². The Labute approximate surface area is 191 Å². The molecular formula is C25H25FN4O3. The molecule has 170 valence electrons. The molecule has 2 saturated carbocycles. The molecule has 4 N–H and O–H groups in total. The van der Waals surface area contributed by atoms with Crippen LogP contribution in [0.4, 0.5) is 4.39 Å². The van der Waals surface area contributed by atoms with Gasteiger partial charge < -0.3 is 16.4 Å². The van der Waals surface area contributed by atoms with Gasteiger partial charge in [0.1, 0.15) is 5.82 Å². The lowest BCUT2D eigenvalue weighted by atomic mass is 9.97. The summed E-state index contributed by atoms with van der Waals surface area (Å²) in [6, 6.07) is 11.8. The highest BCUT2D eigenvalue weighted by Gasteiger charge is 2.46. The minimum atomic E-state index is -0.759. The average Bonchev–Trinajstić information content (AvgIpc) is 3.74. The topological polar surface area (TPSA) is 114 Å². The molecule has 0 aromatic heterocycles. The van der Waals surface area contributed by atoms with E-state index in [1.54, 1.807) is 30.5 Å². The van der Waals surface area contributed by atoms with Crippen molar-refractivity contribution in [3.63, 3.8) is 0 Å². The van der Waals surface area contributed by atoms with Crippen LogP contribution in [0.25, 0.3) is 5.57 Å². The van der Waals surface area contributed by atoms with Crippen molar-refractivity contribution in [3.05, 3.63) is 76.7 Å². The van der Waals surface area contributed by atoms with Gasteiger partial charge in [-0.15, -0.1) is 0 Å². The Morgan fingerprint density at radius 1 is 1.18 bits per heavy atom. The number of aldehydes is 1. The van der Waals surface area contributed by atoms with Gasteiger partial charge in [-0.1, -0.05) is 18.2 Å². The third kappa shape index (κ3) is 5.34. The van der Waals surface area contributed by atoms with Gasteiger partial charge >= 0.3 is 0 Å². The second-order valence-corrected chi connectivity index (χ2v) is 8.39. The number of amides is 2. The lowest BCUT2D eigenvalue weighted by Crippen LogP contribution is -2.36. The van der Waals surface area contributed by atoms with E-state index in [9.17, 15) is 18.8 Å². The highest BCUT2D eigenvalue weighted by atomic mass is 19.1. The van der Waals surface area contributed by atoms with Crippen molar-refractivity contribution in [2.45, 2.75) is 43.8 Å². The van der Waals surface area contributed by atoms with Crippen molar-refractivity contribution in [2.24, 2.45) is 10.7 Å². The van der Waals surface area contributed by atoms with E-state index in [-0.39, 0.29) is 18.7 Å². The number of nitrogens with zero attached hydrogens (tertiary/aromatic N) is 1. The molecule has 2 aliphatic carbocycles. The number of hydrogen-bond acceptors (Lipinski definition) is 5. The first-order chi connectivity index (χ1) is 15.9. The van der Waals surface area contributed by atoms with Crippen LogP contribution < -0.4 is 16.4 Å². The van der Waals surface area contributed by atoms with Crippen molar-refractivity contribution in [3.8, 4) is 0 Å². The fourth-order valence-corrected chi connectivity index (χ4v) is 3.67. The fraction of sp³-hybridized carbons (Fsp3) is 0.280. The third-order valence-electron chi connectivity index (χ3n) is 5.86. The maximum Gasteiger partial charge on any atom is 0.284 e. The van der Waals surface area contributed by atoms with Gasteiger partial charge in [0.25, 0.3) is 11.8 Å². The molecule has 4 rings (SSSR count). The van der Waals surface area contributed by atoms with E-state index in [0.717, 1.165) is 12.8 Å². The largest absolute Gasteiger partial charge is 0.404 e. The monoisotopic (exact) mass is 448 g/mol. The van der Waals surface area contributed by atoms with E-state index in [2.05, 4.69) is 15.6 Å². The molecule has 2 fully saturated rings. The maximum atomic E-state index is 14.5.